The highest BCUT2D eigenvalue weighted by atomic mass is 16.3. The number of hydrogen-bond acceptors (Lipinski definition) is 13. The van der Waals surface area contributed by atoms with Crippen molar-refractivity contribution in [2.75, 3.05) is 13.1 Å². The SMILES string of the molecule is CC(C)(C)NCC(O)c1ccc(O)c(CO)c1.CC(Cc1ccc(O)cc1)NCC(O)c1cc(O)cc(O)c1.CCC(NC(C)C)C(O)c1ccc(O)c2[nH]c(=O)ccc12. The first-order valence-electron chi connectivity index (χ1n) is 20.1. The number of aromatic amines is 1. The molecule has 13 N–H and O–H groups in total. The number of aromatic nitrogens is 1. The minimum atomic E-state index is -0.819. The number of pyridine rings is 1. The zero-order valence-corrected chi connectivity index (χ0v) is 35.5. The number of aliphatic hydroxyl groups excluding tert-OH is 4. The maximum absolute atomic E-state index is 11.4. The highest BCUT2D eigenvalue weighted by Crippen LogP contribution is 2.31. The molecular formula is C46H64N4O10. The highest BCUT2D eigenvalue weighted by Gasteiger charge is 2.23. The van der Waals surface area contributed by atoms with E-state index in [9.17, 15) is 45.6 Å². The van der Waals surface area contributed by atoms with Gasteiger partial charge in [0.2, 0.25) is 5.56 Å². The van der Waals surface area contributed by atoms with Crippen molar-refractivity contribution >= 4 is 10.9 Å². The van der Waals surface area contributed by atoms with Crippen molar-refractivity contribution in [1.29, 1.82) is 0 Å². The molecule has 0 saturated heterocycles. The monoisotopic (exact) mass is 832 g/mol. The quantitative estimate of drug-likeness (QED) is 0.0632. The predicted molar refractivity (Wildman–Crippen MR) is 234 cm³/mol. The van der Waals surface area contributed by atoms with E-state index in [1.807, 2.05) is 60.6 Å². The Kier molecular flexibility index (Phi) is 18.8. The fourth-order valence-electron chi connectivity index (χ4n) is 6.35. The number of phenolic OH excluding ortho intramolecular Hbond substituents is 4. The number of phenols is 5. The van der Waals surface area contributed by atoms with Gasteiger partial charge in [0.05, 0.1) is 30.4 Å². The Morgan fingerprint density at radius 3 is 1.90 bits per heavy atom. The number of aliphatic hydroxyl groups is 4. The molecule has 0 bridgehead atoms. The van der Waals surface area contributed by atoms with Crippen molar-refractivity contribution in [2.45, 2.75) is 110 Å². The van der Waals surface area contributed by atoms with E-state index in [0.717, 1.165) is 18.4 Å². The number of β-amino-alcohol motifs (C(OH)–C–C–N with tert-alkyl or cyclic N) is 1. The first kappa shape index (κ1) is 49.2. The number of H-pyrrole nitrogens is 1. The molecule has 0 aliphatic rings. The van der Waals surface area contributed by atoms with Gasteiger partial charge in [0, 0.05) is 59.8 Å². The van der Waals surface area contributed by atoms with E-state index in [1.165, 1.54) is 36.4 Å². The van der Waals surface area contributed by atoms with Gasteiger partial charge in [0.25, 0.3) is 0 Å². The van der Waals surface area contributed by atoms with Crippen LogP contribution in [0, 0.1) is 0 Å². The molecule has 328 valence electrons. The van der Waals surface area contributed by atoms with E-state index in [1.54, 1.807) is 36.4 Å². The van der Waals surface area contributed by atoms with Crippen molar-refractivity contribution in [3.05, 3.63) is 123 Å². The molecule has 0 radical (unpaired) electrons. The molecule has 0 aliphatic heterocycles. The Morgan fingerprint density at radius 2 is 1.32 bits per heavy atom. The number of hydrogen-bond donors (Lipinski definition) is 13. The number of benzene rings is 4. The van der Waals surface area contributed by atoms with E-state index < -0.39 is 18.3 Å². The van der Waals surface area contributed by atoms with E-state index in [-0.39, 0.29) is 64.6 Å². The normalized spacial score (nSPS) is 14.0. The average molecular weight is 833 g/mol. The summed E-state index contributed by atoms with van der Waals surface area (Å²) >= 11 is 0. The molecule has 5 atom stereocenters. The Labute approximate surface area is 351 Å². The predicted octanol–water partition coefficient (Wildman–Crippen LogP) is 5.41. The highest BCUT2D eigenvalue weighted by molar-refractivity contribution is 5.87. The second-order valence-electron chi connectivity index (χ2n) is 16.2. The summed E-state index contributed by atoms with van der Waals surface area (Å²) in [5.74, 6) is 0.136. The average Bonchev–Trinajstić information content (AvgIpc) is 3.19. The van der Waals surface area contributed by atoms with Crippen molar-refractivity contribution < 1.29 is 46.0 Å². The summed E-state index contributed by atoms with van der Waals surface area (Å²) in [5, 5.41) is 97.5. The molecular weight excluding hydrogens is 769 g/mol. The Hall–Kier alpha value is -5.19. The van der Waals surface area contributed by atoms with Crippen molar-refractivity contribution in [3.8, 4) is 28.7 Å². The molecule has 0 amide bonds. The molecule has 0 saturated carbocycles. The van der Waals surface area contributed by atoms with Gasteiger partial charge in [-0.25, -0.2) is 0 Å². The van der Waals surface area contributed by atoms with Crippen LogP contribution >= 0.6 is 0 Å². The van der Waals surface area contributed by atoms with E-state index >= 15 is 0 Å². The number of aromatic hydroxyl groups is 5. The van der Waals surface area contributed by atoms with Gasteiger partial charge >= 0.3 is 0 Å². The molecule has 5 rings (SSSR count). The molecule has 60 heavy (non-hydrogen) atoms. The molecule has 5 unspecified atom stereocenters. The second-order valence-corrected chi connectivity index (χ2v) is 16.2. The summed E-state index contributed by atoms with van der Waals surface area (Å²) in [6.07, 6.45) is -0.657. The standard InChI is InChI=1S/C17H21NO4.C16H22N2O3.C13H21NO3/c1-11(6-12-2-4-14(19)5-3-12)18-10-17(22)13-7-15(20)9-16(21)8-13;1-4-12(17-9(2)3)16(21)11-5-7-13(19)15-10(11)6-8-14(20)18-15;1-13(2,3)14-7-12(17)9-4-5-11(16)10(6-9)8-15/h2-5,7-9,11,17-22H,6,10H2,1H3;5-9,12,16-17,19,21H,4H2,1-3H3,(H,18,20);4-6,12,14-17H,7-8H2,1-3H3. The molecule has 5 aromatic rings. The molecule has 1 heterocycles. The van der Waals surface area contributed by atoms with Gasteiger partial charge in [-0.1, -0.05) is 45.0 Å². The van der Waals surface area contributed by atoms with Crippen LogP contribution in [0.3, 0.4) is 0 Å². The molecule has 0 aliphatic carbocycles. The third-order valence-electron chi connectivity index (χ3n) is 9.53. The van der Waals surface area contributed by atoms with Crippen LogP contribution in [0.15, 0.2) is 89.7 Å². The molecule has 14 nitrogen and oxygen atoms in total. The molecule has 1 aromatic heterocycles. The summed E-state index contributed by atoms with van der Waals surface area (Å²) in [5.41, 5.74) is 3.37. The van der Waals surface area contributed by atoms with Crippen LogP contribution in [-0.2, 0) is 13.0 Å². The van der Waals surface area contributed by atoms with Crippen molar-refractivity contribution in [2.24, 2.45) is 0 Å². The molecule has 0 spiro atoms. The van der Waals surface area contributed by atoms with Crippen molar-refractivity contribution in [1.82, 2.24) is 20.9 Å². The lowest BCUT2D eigenvalue weighted by Gasteiger charge is -2.26. The topological polar surface area (TPSA) is 251 Å². The second kappa shape index (κ2) is 23.0. The van der Waals surface area contributed by atoms with Crippen molar-refractivity contribution in [3.63, 3.8) is 0 Å². The minimum absolute atomic E-state index is 0.00326. The van der Waals surface area contributed by atoms with Crippen LogP contribution in [0.25, 0.3) is 10.9 Å². The lowest BCUT2D eigenvalue weighted by molar-refractivity contribution is 0.123. The van der Waals surface area contributed by atoms with Gasteiger partial charge < -0.3 is 66.9 Å². The van der Waals surface area contributed by atoms with Crippen LogP contribution in [-0.4, -0.2) is 87.7 Å². The Morgan fingerprint density at radius 1 is 0.700 bits per heavy atom. The maximum Gasteiger partial charge on any atom is 0.248 e. The van der Waals surface area contributed by atoms with Crippen LogP contribution < -0.4 is 21.5 Å². The molecule has 14 heteroatoms. The van der Waals surface area contributed by atoms with Gasteiger partial charge in [-0.05, 0) is 111 Å². The van der Waals surface area contributed by atoms with Crippen LogP contribution in [0.2, 0.25) is 0 Å². The van der Waals surface area contributed by atoms with Crippen LogP contribution in [0.4, 0.5) is 0 Å². The first-order chi connectivity index (χ1) is 28.2. The fraction of sp³-hybridized carbons (Fsp3) is 0.413. The van der Waals surface area contributed by atoms with E-state index in [4.69, 9.17) is 5.11 Å². The number of rotatable bonds is 15. The first-order valence-corrected chi connectivity index (χ1v) is 20.1. The zero-order valence-electron chi connectivity index (χ0n) is 35.5. The summed E-state index contributed by atoms with van der Waals surface area (Å²) in [7, 11) is 0. The number of nitrogens with one attached hydrogen (secondary N) is 4. The van der Waals surface area contributed by atoms with Gasteiger partial charge in [0.15, 0.2) is 0 Å². The zero-order chi connectivity index (χ0) is 44.7. The van der Waals surface area contributed by atoms with E-state index in [0.29, 0.717) is 46.2 Å². The minimum Gasteiger partial charge on any atom is -0.508 e. The van der Waals surface area contributed by atoms with Gasteiger partial charge in [-0.15, -0.1) is 0 Å². The third-order valence-corrected chi connectivity index (χ3v) is 9.53. The Bertz CT molecular complexity index is 2120. The molecule has 0 fully saturated rings. The largest absolute Gasteiger partial charge is 0.508 e. The summed E-state index contributed by atoms with van der Waals surface area (Å²) in [6, 6.07) is 22.4. The smallest absolute Gasteiger partial charge is 0.248 e. The molecule has 4 aromatic carbocycles. The maximum atomic E-state index is 11.4. The van der Waals surface area contributed by atoms with Gasteiger partial charge in [0.1, 0.15) is 28.7 Å². The lowest BCUT2D eigenvalue weighted by Crippen LogP contribution is -2.39. The Balaban J connectivity index is 0.000000243. The third kappa shape index (κ3) is 15.8. The van der Waals surface area contributed by atoms with Gasteiger partial charge in [-0.3, -0.25) is 4.79 Å². The fourth-order valence-corrected chi connectivity index (χ4v) is 6.35. The summed E-state index contributed by atoms with van der Waals surface area (Å²) in [4.78, 5) is 14.0. The van der Waals surface area contributed by atoms with Gasteiger partial charge in [-0.2, -0.15) is 0 Å². The van der Waals surface area contributed by atoms with E-state index in [2.05, 4.69) is 20.9 Å². The van der Waals surface area contributed by atoms with Crippen LogP contribution in [0.1, 0.15) is 101 Å². The summed E-state index contributed by atoms with van der Waals surface area (Å²) < 4.78 is 0. The summed E-state index contributed by atoms with van der Waals surface area (Å²) in [6.45, 7) is 14.6. The number of fused-ring (bicyclic) bond motifs is 1. The lowest BCUT2D eigenvalue weighted by atomic mass is 9.95. The van der Waals surface area contributed by atoms with Crippen LogP contribution in [0.5, 0.6) is 28.7 Å².